The van der Waals surface area contributed by atoms with E-state index in [1.807, 2.05) is 0 Å². The number of hydrogen-bond acceptors (Lipinski definition) is 4. The molecule has 0 amide bonds. The number of hydrogen-bond donors (Lipinski definition) is 0. The number of rotatable bonds is 8. The summed E-state index contributed by atoms with van der Waals surface area (Å²) in [5.41, 5.74) is 4.88. The number of anilines is 1. The standard InChI is InChI=1S/C21H32N4O/c1-17-14-18(2)25(22-17)13-7-10-23(3)16-19-8-9-20(21(15-19)26-4)24-11-5-6-12-24/h8-9,14-15H,5-7,10-13,16H2,1-4H3. The summed E-state index contributed by atoms with van der Waals surface area (Å²) in [4.78, 5) is 4.80. The largest absolute Gasteiger partial charge is 0.495 e. The monoisotopic (exact) mass is 356 g/mol. The first-order valence-corrected chi connectivity index (χ1v) is 9.68. The molecule has 5 heteroatoms. The molecule has 1 saturated heterocycles. The van der Waals surface area contributed by atoms with Crippen LogP contribution >= 0.6 is 0 Å². The van der Waals surface area contributed by atoms with Crippen molar-refractivity contribution in [2.45, 2.75) is 46.2 Å². The van der Waals surface area contributed by atoms with Crippen LogP contribution in [0.4, 0.5) is 5.69 Å². The fraction of sp³-hybridized carbons (Fsp3) is 0.571. The SMILES string of the molecule is COc1cc(CN(C)CCCn2nc(C)cc2C)ccc1N1CCCC1. The first kappa shape index (κ1) is 18.8. The third-order valence-corrected chi connectivity index (χ3v) is 5.16. The van der Waals surface area contributed by atoms with Crippen LogP contribution in [0.5, 0.6) is 5.75 Å². The zero-order chi connectivity index (χ0) is 18.5. The third kappa shape index (κ3) is 4.58. The van der Waals surface area contributed by atoms with Crippen LogP contribution in [-0.4, -0.2) is 48.5 Å². The molecule has 0 unspecified atom stereocenters. The van der Waals surface area contributed by atoms with Gasteiger partial charge in [0.05, 0.1) is 18.5 Å². The average molecular weight is 357 g/mol. The van der Waals surface area contributed by atoms with Gasteiger partial charge in [-0.25, -0.2) is 0 Å². The van der Waals surface area contributed by atoms with Crippen molar-refractivity contribution < 1.29 is 4.74 Å². The molecule has 2 aromatic rings. The minimum atomic E-state index is 0.938. The maximum Gasteiger partial charge on any atom is 0.142 e. The van der Waals surface area contributed by atoms with E-state index in [-0.39, 0.29) is 0 Å². The molecule has 26 heavy (non-hydrogen) atoms. The molecule has 3 rings (SSSR count). The highest BCUT2D eigenvalue weighted by Gasteiger charge is 2.16. The summed E-state index contributed by atoms with van der Waals surface area (Å²) in [6.07, 6.45) is 3.66. The van der Waals surface area contributed by atoms with Crippen LogP contribution in [0.2, 0.25) is 0 Å². The van der Waals surface area contributed by atoms with Gasteiger partial charge >= 0.3 is 0 Å². The Balaban J connectivity index is 1.53. The lowest BCUT2D eigenvalue weighted by molar-refractivity contribution is 0.310. The number of methoxy groups -OCH3 is 1. The van der Waals surface area contributed by atoms with E-state index in [9.17, 15) is 0 Å². The second-order valence-electron chi connectivity index (χ2n) is 7.44. The van der Waals surface area contributed by atoms with E-state index in [4.69, 9.17) is 4.74 Å². The van der Waals surface area contributed by atoms with E-state index in [1.165, 1.54) is 29.8 Å². The first-order chi connectivity index (χ1) is 12.6. The lowest BCUT2D eigenvalue weighted by atomic mass is 10.1. The molecule has 1 aromatic carbocycles. The fourth-order valence-electron chi connectivity index (χ4n) is 3.82. The molecule has 0 aliphatic carbocycles. The van der Waals surface area contributed by atoms with E-state index in [0.29, 0.717) is 0 Å². The molecule has 1 aromatic heterocycles. The van der Waals surface area contributed by atoms with Gasteiger partial charge in [0.25, 0.3) is 0 Å². The van der Waals surface area contributed by atoms with Gasteiger partial charge in [-0.3, -0.25) is 4.68 Å². The van der Waals surface area contributed by atoms with Crippen molar-refractivity contribution in [2.24, 2.45) is 0 Å². The van der Waals surface area contributed by atoms with Gasteiger partial charge in [0.2, 0.25) is 0 Å². The Morgan fingerprint density at radius 2 is 1.92 bits per heavy atom. The molecule has 0 N–H and O–H groups in total. The normalized spacial score (nSPS) is 14.4. The topological polar surface area (TPSA) is 33.5 Å². The Bertz CT molecular complexity index is 719. The predicted octanol–water partition coefficient (Wildman–Crippen LogP) is 3.63. The van der Waals surface area contributed by atoms with Crippen molar-refractivity contribution in [3.8, 4) is 5.75 Å². The smallest absolute Gasteiger partial charge is 0.142 e. The summed E-state index contributed by atoms with van der Waals surface area (Å²) in [7, 11) is 3.96. The molecule has 5 nitrogen and oxygen atoms in total. The molecular weight excluding hydrogens is 324 g/mol. The van der Waals surface area contributed by atoms with Crippen molar-refractivity contribution in [1.29, 1.82) is 0 Å². The highest BCUT2D eigenvalue weighted by atomic mass is 16.5. The van der Waals surface area contributed by atoms with Gasteiger partial charge in [0.1, 0.15) is 5.75 Å². The maximum atomic E-state index is 5.66. The van der Waals surface area contributed by atoms with Gasteiger partial charge in [0, 0.05) is 31.9 Å². The van der Waals surface area contributed by atoms with Crippen molar-refractivity contribution in [1.82, 2.24) is 14.7 Å². The van der Waals surface area contributed by atoms with Crippen molar-refractivity contribution in [3.05, 3.63) is 41.2 Å². The summed E-state index contributed by atoms with van der Waals surface area (Å²) in [6.45, 7) is 9.42. The molecule has 1 aliphatic rings. The second-order valence-corrected chi connectivity index (χ2v) is 7.44. The average Bonchev–Trinajstić information content (AvgIpc) is 3.25. The second kappa shape index (κ2) is 8.58. The molecule has 0 radical (unpaired) electrons. The van der Waals surface area contributed by atoms with Crippen LogP contribution in [0.3, 0.4) is 0 Å². The summed E-state index contributed by atoms with van der Waals surface area (Å²) >= 11 is 0. The fourth-order valence-corrected chi connectivity index (χ4v) is 3.82. The molecule has 142 valence electrons. The molecule has 0 atom stereocenters. The third-order valence-electron chi connectivity index (χ3n) is 5.16. The van der Waals surface area contributed by atoms with Crippen molar-refractivity contribution in [2.75, 3.05) is 38.7 Å². The lowest BCUT2D eigenvalue weighted by Gasteiger charge is -2.22. The number of benzene rings is 1. The lowest BCUT2D eigenvalue weighted by Crippen LogP contribution is -2.21. The Labute approximate surface area is 157 Å². The van der Waals surface area contributed by atoms with E-state index in [0.717, 1.165) is 50.6 Å². The Kier molecular flexibility index (Phi) is 6.20. The number of ether oxygens (including phenoxy) is 1. The maximum absolute atomic E-state index is 5.66. The Hall–Kier alpha value is -2.01. The van der Waals surface area contributed by atoms with Crippen molar-refractivity contribution in [3.63, 3.8) is 0 Å². The van der Waals surface area contributed by atoms with Crippen LogP contribution in [0.25, 0.3) is 0 Å². The van der Waals surface area contributed by atoms with Crippen LogP contribution in [0.1, 0.15) is 36.2 Å². The minimum Gasteiger partial charge on any atom is -0.495 e. The first-order valence-electron chi connectivity index (χ1n) is 9.68. The van der Waals surface area contributed by atoms with Crippen LogP contribution < -0.4 is 9.64 Å². The number of aromatic nitrogens is 2. The number of nitrogens with zero attached hydrogens (tertiary/aromatic N) is 4. The molecule has 1 aliphatic heterocycles. The summed E-state index contributed by atoms with van der Waals surface area (Å²) in [6, 6.07) is 8.81. The minimum absolute atomic E-state index is 0.938. The van der Waals surface area contributed by atoms with Gasteiger partial charge in [-0.1, -0.05) is 6.07 Å². The van der Waals surface area contributed by atoms with Gasteiger partial charge in [-0.2, -0.15) is 5.10 Å². The predicted molar refractivity (Wildman–Crippen MR) is 107 cm³/mol. The van der Waals surface area contributed by atoms with E-state index >= 15 is 0 Å². The van der Waals surface area contributed by atoms with Crippen LogP contribution in [0, 0.1) is 13.8 Å². The van der Waals surface area contributed by atoms with E-state index < -0.39 is 0 Å². The highest BCUT2D eigenvalue weighted by molar-refractivity contribution is 5.60. The van der Waals surface area contributed by atoms with Gasteiger partial charge in [-0.15, -0.1) is 0 Å². The van der Waals surface area contributed by atoms with Crippen molar-refractivity contribution >= 4 is 5.69 Å². The summed E-state index contributed by atoms with van der Waals surface area (Å²) in [5.74, 6) is 1.00. The molecule has 2 heterocycles. The molecule has 0 bridgehead atoms. The Morgan fingerprint density at radius 3 is 2.58 bits per heavy atom. The molecule has 0 saturated carbocycles. The van der Waals surface area contributed by atoms with Gasteiger partial charge in [0.15, 0.2) is 0 Å². The zero-order valence-corrected chi connectivity index (χ0v) is 16.7. The van der Waals surface area contributed by atoms with Crippen LogP contribution in [-0.2, 0) is 13.1 Å². The number of aryl methyl sites for hydroxylation is 3. The van der Waals surface area contributed by atoms with Crippen LogP contribution in [0.15, 0.2) is 24.3 Å². The summed E-state index contributed by atoms with van der Waals surface area (Å²) < 4.78 is 7.77. The highest BCUT2D eigenvalue weighted by Crippen LogP contribution is 2.32. The quantitative estimate of drug-likeness (QED) is 0.723. The molecule has 1 fully saturated rings. The zero-order valence-electron chi connectivity index (χ0n) is 16.7. The Morgan fingerprint density at radius 1 is 1.15 bits per heavy atom. The van der Waals surface area contributed by atoms with E-state index in [1.54, 1.807) is 7.11 Å². The molecular formula is C21H32N4O. The van der Waals surface area contributed by atoms with Gasteiger partial charge in [-0.05, 0) is 70.5 Å². The summed E-state index contributed by atoms with van der Waals surface area (Å²) in [5, 5.41) is 4.54. The van der Waals surface area contributed by atoms with E-state index in [2.05, 4.69) is 64.7 Å². The van der Waals surface area contributed by atoms with Gasteiger partial charge < -0.3 is 14.5 Å². The molecule has 0 spiro atoms.